The summed E-state index contributed by atoms with van der Waals surface area (Å²) in [4.78, 5) is 4.11. The van der Waals surface area contributed by atoms with Gasteiger partial charge in [0.2, 0.25) is 0 Å². The van der Waals surface area contributed by atoms with E-state index in [1.807, 2.05) is 0 Å². The fraction of sp³-hybridized carbons (Fsp3) is 0.0833. The van der Waals surface area contributed by atoms with Gasteiger partial charge in [0, 0.05) is 11.9 Å². The van der Waals surface area contributed by atoms with Crippen LogP contribution in [0.25, 0.3) is 0 Å². The van der Waals surface area contributed by atoms with Crippen molar-refractivity contribution in [2.45, 2.75) is 6.92 Å². The van der Waals surface area contributed by atoms with Crippen LogP contribution in [0.3, 0.4) is 0 Å². The van der Waals surface area contributed by atoms with Crippen LogP contribution in [0.4, 0.5) is 15.9 Å². The van der Waals surface area contributed by atoms with E-state index in [2.05, 4.69) is 26.2 Å². The molecule has 1 N–H and O–H groups in total. The summed E-state index contributed by atoms with van der Waals surface area (Å²) in [6.45, 7) is 1.72. The second kappa shape index (κ2) is 5.02. The Morgan fingerprint density at radius 3 is 2.76 bits per heavy atom. The number of aromatic nitrogens is 1. The molecule has 0 spiro atoms. The number of pyridine rings is 1. The van der Waals surface area contributed by atoms with Crippen LogP contribution in [-0.2, 0) is 0 Å². The Hall–Kier alpha value is -1.13. The average Bonchev–Trinajstić information content (AvgIpc) is 2.27. The molecular formula is C12H9BrClFN2. The summed E-state index contributed by atoms with van der Waals surface area (Å²) >= 11 is 9.12. The third-order valence-corrected chi connectivity index (χ3v) is 3.05. The Morgan fingerprint density at radius 1 is 1.35 bits per heavy atom. The molecule has 0 aliphatic carbocycles. The maximum atomic E-state index is 13.4. The number of aryl methyl sites for hydroxylation is 1. The van der Waals surface area contributed by atoms with Gasteiger partial charge in [0.25, 0.3) is 0 Å². The van der Waals surface area contributed by atoms with E-state index in [-0.39, 0.29) is 5.82 Å². The highest BCUT2D eigenvalue weighted by Crippen LogP contribution is 2.26. The van der Waals surface area contributed by atoms with Crippen LogP contribution in [0.15, 0.2) is 34.9 Å². The molecule has 0 radical (unpaired) electrons. The molecule has 0 fully saturated rings. The zero-order valence-corrected chi connectivity index (χ0v) is 11.3. The van der Waals surface area contributed by atoms with Crippen molar-refractivity contribution >= 4 is 39.0 Å². The first-order valence-corrected chi connectivity index (χ1v) is 6.07. The number of anilines is 2. The van der Waals surface area contributed by atoms with Gasteiger partial charge in [-0.25, -0.2) is 9.37 Å². The Labute approximate surface area is 112 Å². The second-order valence-electron chi connectivity index (χ2n) is 3.57. The van der Waals surface area contributed by atoms with Crippen molar-refractivity contribution in [3.05, 3.63) is 51.3 Å². The van der Waals surface area contributed by atoms with Crippen molar-refractivity contribution in [2.75, 3.05) is 5.32 Å². The highest BCUT2D eigenvalue weighted by Gasteiger charge is 2.04. The maximum absolute atomic E-state index is 13.4. The number of rotatable bonds is 2. The summed E-state index contributed by atoms with van der Waals surface area (Å²) in [5.41, 5.74) is 1.25. The predicted molar refractivity (Wildman–Crippen MR) is 71.4 cm³/mol. The van der Waals surface area contributed by atoms with E-state index in [0.29, 0.717) is 22.1 Å². The van der Waals surface area contributed by atoms with Crippen molar-refractivity contribution in [3.8, 4) is 0 Å². The molecule has 17 heavy (non-hydrogen) atoms. The summed E-state index contributed by atoms with van der Waals surface area (Å²) in [6.07, 6.45) is 1.53. The zero-order valence-electron chi connectivity index (χ0n) is 8.97. The van der Waals surface area contributed by atoms with Crippen LogP contribution < -0.4 is 5.32 Å². The van der Waals surface area contributed by atoms with Crippen LogP contribution in [0.2, 0.25) is 5.02 Å². The van der Waals surface area contributed by atoms with Gasteiger partial charge in [0.05, 0.1) is 9.50 Å². The minimum Gasteiger partial charge on any atom is -0.339 e. The molecule has 0 saturated heterocycles. The van der Waals surface area contributed by atoms with E-state index in [1.54, 1.807) is 25.1 Å². The predicted octanol–water partition coefficient (Wildman–Crippen LogP) is 4.69. The molecule has 1 aromatic carbocycles. The largest absolute Gasteiger partial charge is 0.339 e. The van der Waals surface area contributed by atoms with E-state index >= 15 is 0 Å². The van der Waals surface area contributed by atoms with E-state index in [9.17, 15) is 4.39 Å². The normalized spacial score (nSPS) is 10.4. The van der Waals surface area contributed by atoms with Gasteiger partial charge in [-0.2, -0.15) is 0 Å². The molecule has 2 aromatic rings. The fourth-order valence-corrected chi connectivity index (χ4v) is 2.05. The van der Waals surface area contributed by atoms with Crippen molar-refractivity contribution in [1.29, 1.82) is 0 Å². The highest BCUT2D eigenvalue weighted by atomic mass is 79.9. The number of halogens is 3. The van der Waals surface area contributed by atoms with Gasteiger partial charge >= 0.3 is 0 Å². The first-order valence-electron chi connectivity index (χ1n) is 4.90. The SMILES string of the molecule is Cc1ccc(Nc2ncc(Cl)cc2Br)cc1F. The summed E-state index contributed by atoms with van der Waals surface area (Å²) in [7, 11) is 0. The molecular weight excluding hydrogens is 307 g/mol. The van der Waals surface area contributed by atoms with Crippen molar-refractivity contribution in [1.82, 2.24) is 4.98 Å². The Balaban J connectivity index is 2.28. The molecule has 88 valence electrons. The van der Waals surface area contributed by atoms with E-state index < -0.39 is 0 Å². The number of nitrogens with one attached hydrogen (secondary N) is 1. The summed E-state index contributed by atoms with van der Waals surface area (Å²) in [6, 6.07) is 6.65. The van der Waals surface area contributed by atoms with Crippen molar-refractivity contribution in [3.63, 3.8) is 0 Å². The van der Waals surface area contributed by atoms with Crippen LogP contribution >= 0.6 is 27.5 Å². The van der Waals surface area contributed by atoms with Crippen molar-refractivity contribution < 1.29 is 4.39 Å². The van der Waals surface area contributed by atoms with Gasteiger partial charge in [0.15, 0.2) is 0 Å². The van der Waals surface area contributed by atoms with Crippen LogP contribution in [0.5, 0.6) is 0 Å². The number of hydrogen-bond donors (Lipinski definition) is 1. The molecule has 0 aliphatic heterocycles. The molecule has 0 bridgehead atoms. The highest BCUT2D eigenvalue weighted by molar-refractivity contribution is 9.10. The molecule has 2 rings (SSSR count). The quantitative estimate of drug-likeness (QED) is 0.869. The lowest BCUT2D eigenvalue weighted by Gasteiger charge is -2.08. The van der Waals surface area contributed by atoms with Crippen LogP contribution in [0, 0.1) is 12.7 Å². The van der Waals surface area contributed by atoms with E-state index in [0.717, 1.165) is 4.47 Å². The van der Waals surface area contributed by atoms with Crippen LogP contribution in [0.1, 0.15) is 5.56 Å². The molecule has 0 saturated carbocycles. The average molecular weight is 316 g/mol. The summed E-state index contributed by atoms with van der Waals surface area (Å²) in [5, 5.41) is 3.55. The van der Waals surface area contributed by atoms with Gasteiger partial charge in [0.1, 0.15) is 11.6 Å². The Bertz CT molecular complexity index is 560. The summed E-state index contributed by atoms with van der Waals surface area (Å²) < 4.78 is 14.1. The minimum absolute atomic E-state index is 0.250. The molecule has 0 aliphatic rings. The number of hydrogen-bond acceptors (Lipinski definition) is 2. The van der Waals surface area contributed by atoms with Gasteiger partial charge in [-0.1, -0.05) is 17.7 Å². The molecule has 0 unspecified atom stereocenters. The number of nitrogens with zero attached hydrogens (tertiary/aromatic N) is 1. The van der Waals surface area contributed by atoms with Crippen molar-refractivity contribution in [2.24, 2.45) is 0 Å². The monoisotopic (exact) mass is 314 g/mol. The molecule has 0 amide bonds. The van der Waals surface area contributed by atoms with Crippen LogP contribution in [-0.4, -0.2) is 4.98 Å². The molecule has 1 heterocycles. The minimum atomic E-state index is -0.250. The first kappa shape index (κ1) is 12.3. The smallest absolute Gasteiger partial charge is 0.144 e. The van der Waals surface area contributed by atoms with Gasteiger partial charge in [-0.05, 0) is 46.6 Å². The third-order valence-electron chi connectivity index (χ3n) is 2.24. The summed E-state index contributed by atoms with van der Waals surface area (Å²) in [5.74, 6) is 0.345. The lowest BCUT2D eigenvalue weighted by Crippen LogP contribution is -1.95. The van der Waals surface area contributed by atoms with E-state index in [1.165, 1.54) is 12.3 Å². The second-order valence-corrected chi connectivity index (χ2v) is 4.86. The first-order chi connectivity index (χ1) is 8.06. The maximum Gasteiger partial charge on any atom is 0.144 e. The van der Waals surface area contributed by atoms with Gasteiger partial charge in [-0.3, -0.25) is 0 Å². The zero-order chi connectivity index (χ0) is 12.4. The van der Waals surface area contributed by atoms with E-state index in [4.69, 9.17) is 11.6 Å². The topological polar surface area (TPSA) is 24.9 Å². The Morgan fingerprint density at radius 2 is 2.12 bits per heavy atom. The number of benzene rings is 1. The molecule has 5 heteroatoms. The third kappa shape index (κ3) is 2.96. The van der Waals surface area contributed by atoms with Gasteiger partial charge < -0.3 is 5.32 Å². The molecule has 1 aromatic heterocycles. The molecule has 0 atom stereocenters. The fourth-order valence-electron chi connectivity index (χ4n) is 1.31. The standard InChI is InChI=1S/C12H9BrClFN2/c1-7-2-3-9(5-11(7)15)17-12-10(13)4-8(14)6-16-12/h2-6H,1H3,(H,16,17). The lowest BCUT2D eigenvalue weighted by atomic mass is 10.2. The molecule has 2 nitrogen and oxygen atoms in total. The lowest BCUT2D eigenvalue weighted by molar-refractivity contribution is 0.619. The Kier molecular flexibility index (Phi) is 3.64. The van der Waals surface area contributed by atoms with Gasteiger partial charge in [-0.15, -0.1) is 0 Å².